The molecule has 8 nitrogen and oxygen atoms in total. The molecular formula is C16H22N2O6. The largest absolute Gasteiger partial charge is 0.492 e. The zero-order valence-corrected chi connectivity index (χ0v) is 14.0. The fraction of sp³-hybridized carbons (Fsp3) is 0.438. The first-order valence-corrected chi connectivity index (χ1v) is 7.50. The molecule has 1 aromatic carbocycles. The molecule has 8 heteroatoms. The summed E-state index contributed by atoms with van der Waals surface area (Å²) >= 11 is 0. The van der Waals surface area contributed by atoms with Gasteiger partial charge in [-0.25, -0.2) is 0 Å². The van der Waals surface area contributed by atoms with Crippen molar-refractivity contribution < 1.29 is 24.4 Å². The minimum Gasteiger partial charge on any atom is -0.492 e. The lowest BCUT2D eigenvalue weighted by molar-refractivity contribution is -0.386. The van der Waals surface area contributed by atoms with Crippen molar-refractivity contribution in [3.63, 3.8) is 0 Å². The molecule has 0 fully saturated rings. The molecule has 132 valence electrons. The molecule has 0 radical (unpaired) electrons. The number of amides is 1. The van der Waals surface area contributed by atoms with Crippen LogP contribution in [0.5, 0.6) is 11.5 Å². The summed E-state index contributed by atoms with van der Waals surface area (Å²) < 4.78 is 5.29. The number of aliphatic hydroxyl groups excluding tert-OH is 1. The Morgan fingerprint density at radius 2 is 2.25 bits per heavy atom. The number of hydrogen-bond donors (Lipinski definition) is 2. The molecular weight excluding hydrogens is 316 g/mol. The van der Waals surface area contributed by atoms with Crippen LogP contribution in [0.3, 0.4) is 0 Å². The Balaban J connectivity index is 3.44. The summed E-state index contributed by atoms with van der Waals surface area (Å²) in [5, 5.41) is 21.3. The summed E-state index contributed by atoms with van der Waals surface area (Å²) in [4.78, 5) is 27.5. The van der Waals surface area contributed by atoms with Gasteiger partial charge in [-0.2, -0.15) is 5.48 Å². The zero-order valence-electron chi connectivity index (χ0n) is 14.0. The van der Waals surface area contributed by atoms with Crippen molar-refractivity contribution in [3.8, 4) is 11.5 Å². The number of carbonyl (C=O) groups excluding carboxylic acids is 1. The lowest BCUT2D eigenvalue weighted by Gasteiger charge is -2.18. The van der Waals surface area contributed by atoms with Gasteiger partial charge >= 0.3 is 0 Å². The molecule has 1 atom stereocenters. The van der Waals surface area contributed by atoms with Gasteiger partial charge in [-0.05, 0) is 19.8 Å². The van der Waals surface area contributed by atoms with Gasteiger partial charge < -0.3 is 14.7 Å². The van der Waals surface area contributed by atoms with E-state index in [1.54, 1.807) is 0 Å². The summed E-state index contributed by atoms with van der Waals surface area (Å²) in [5.41, 5.74) is 2.43. The SMILES string of the molecule is C=CCc1c(OC)c(ONC(=O)CCC)cc([N+](=O)[O-])c1C(C)O. The van der Waals surface area contributed by atoms with Gasteiger partial charge in [0.05, 0.1) is 29.8 Å². The average molecular weight is 338 g/mol. The number of ether oxygens (including phenoxy) is 1. The fourth-order valence-corrected chi connectivity index (χ4v) is 2.35. The lowest BCUT2D eigenvalue weighted by atomic mass is 9.96. The van der Waals surface area contributed by atoms with Crippen LogP contribution in [0.15, 0.2) is 18.7 Å². The van der Waals surface area contributed by atoms with Crippen LogP contribution in [0.25, 0.3) is 0 Å². The Morgan fingerprint density at radius 1 is 1.58 bits per heavy atom. The van der Waals surface area contributed by atoms with Gasteiger partial charge in [0.1, 0.15) is 0 Å². The zero-order chi connectivity index (χ0) is 18.3. The molecule has 0 aliphatic carbocycles. The Morgan fingerprint density at radius 3 is 2.71 bits per heavy atom. The van der Waals surface area contributed by atoms with Crippen LogP contribution in [-0.4, -0.2) is 23.0 Å². The number of carbonyl (C=O) groups is 1. The maximum Gasteiger partial charge on any atom is 0.279 e. The molecule has 0 spiro atoms. The first kappa shape index (κ1) is 19.4. The molecule has 0 aromatic heterocycles. The van der Waals surface area contributed by atoms with Crippen LogP contribution >= 0.6 is 0 Å². The number of nitro benzene ring substituents is 1. The summed E-state index contributed by atoms with van der Waals surface area (Å²) in [6.07, 6.45) is 1.57. The molecule has 0 saturated carbocycles. The number of hydroxylamine groups is 1. The highest BCUT2D eigenvalue weighted by Gasteiger charge is 2.28. The molecule has 24 heavy (non-hydrogen) atoms. The Labute approximate surface area is 140 Å². The monoisotopic (exact) mass is 338 g/mol. The third-order valence-electron chi connectivity index (χ3n) is 3.29. The number of aliphatic hydroxyl groups is 1. The molecule has 1 unspecified atom stereocenters. The van der Waals surface area contributed by atoms with Gasteiger partial charge in [0, 0.05) is 12.0 Å². The van der Waals surface area contributed by atoms with Gasteiger partial charge in [-0.1, -0.05) is 13.0 Å². The summed E-state index contributed by atoms with van der Waals surface area (Å²) in [6.45, 7) is 6.88. The number of nitrogens with one attached hydrogen (secondary N) is 1. The Hall–Kier alpha value is -2.61. The Bertz CT molecular complexity index is 627. The number of methoxy groups -OCH3 is 1. The average Bonchev–Trinajstić information content (AvgIpc) is 2.52. The van der Waals surface area contributed by atoms with Crippen LogP contribution in [0.4, 0.5) is 5.69 Å². The maximum absolute atomic E-state index is 11.6. The van der Waals surface area contributed by atoms with E-state index in [0.29, 0.717) is 12.0 Å². The number of allylic oxidation sites excluding steroid dienone is 1. The van der Waals surface area contributed by atoms with Crippen molar-refractivity contribution in [1.29, 1.82) is 0 Å². The molecule has 0 saturated heterocycles. The summed E-state index contributed by atoms with van der Waals surface area (Å²) in [5.74, 6) is -0.157. The van der Waals surface area contributed by atoms with Gasteiger partial charge in [-0.15, -0.1) is 6.58 Å². The first-order chi connectivity index (χ1) is 11.4. The topological polar surface area (TPSA) is 111 Å². The van der Waals surface area contributed by atoms with E-state index in [9.17, 15) is 20.0 Å². The fourth-order valence-electron chi connectivity index (χ4n) is 2.35. The van der Waals surface area contributed by atoms with Crippen LogP contribution in [-0.2, 0) is 11.2 Å². The van der Waals surface area contributed by atoms with Gasteiger partial charge in [0.15, 0.2) is 5.75 Å². The van der Waals surface area contributed by atoms with Crippen LogP contribution in [0.2, 0.25) is 0 Å². The molecule has 1 rings (SSSR count). The molecule has 2 N–H and O–H groups in total. The Kier molecular flexibility index (Phi) is 7.19. The van der Waals surface area contributed by atoms with E-state index in [0.717, 1.165) is 6.07 Å². The molecule has 0 aliphatic heterocycles. The van der Waals surface area contributed by atoms with Crippen LogP contribution in [0.1, 0.15) is 43.9 Å². The van der Waals surface area contributed by atoms with Crippen LogP contribution in [0, 0.1) is 10.1 Å². The maximum atomic E-state index is 11.6. The van der Waals surface area contributed by atoms with Gasteiger partial charge in [0.25, 0.3) is 11.6 Å². The number of hydrogen-bond acceptors (Lipinski definition) is 6. The second-order valence-electron chi connectivity index (χ2n) is 5.12. The highest BCUT2D eigenvalue weighted by molar-refractivity contribution is 5.75. The lowest BCUT2D eigenvalue weighted by Crippen LogP contribution is -2.27. The molecule has 1 amide bonds. The third kappa shape index (κ3) is 4.45. The quantitative estimate of drug-likeness (QED) is 0.407. The van der Waals surface area contributed by atoms with E-state index in [4.69, 9.17) is 9.57 Å². The minimum absolute atomic E-state index is 0.00472. The number of nitrogens with zero attached hydrogens (tertiary/aromatic N) is 1. The van der Waals surface area contributed by atoms with Crippen molar-refractivity contribution in [2.45, 2.75) is 39.2 Å². The van der Waals surface area contributed by atoms with E-state index >= 15 is 0 Å². The van der Waals surface area contributed by atoms with E-state index in [1.807, 2.05) is 6.92 Å². The second kappa shape index (κ2) is 8.88. The summed E-state index contributed by atoms with van der Waals surface area (Å²) in [6, 6.07) is 1.12. The normalized spacial score (nSPS) is 11.5. The first-order valence-electron chi connectivity index (χ1n) is 7.50. The summed E-state index contributed by atoms with van der Waals surface area (Å²) in [7, 11) is 1.38. The van der Waals surface area contributed by atoms with Crippen molar-refractivity contribution in [3.05, 3.63) is 40.0 Å². The highest BCUT2D eigenvalue weighted by Crippen LogP contribution is 2.42. The van der Waals surface area contributed by atoms with Gasteiger partial charge in [0.2, 0.25) is 5.75 Å². The van der Waals surface area contributed by atoms with E-state index in [1.165, 1.54) is 20.1 Å². The van der Waals surface area contributed by atoms with E-state index in [2.05, 4.69) is 12.1 Å². The number of nitro groups is 1. The van der Waals surface area contributed by atoms with Crippen molar-refractivity contribution in [2.75, 3.05) is 7.11 Å². The third-order valence-corrected chi connectivity index (χ3v) is 3.29. The highest BCUT2D eigenvalue weighted by atomic mass is 16.7. The molecule has 0 bridgehead atoms. The van der Waals surface area contributed by atoms with Crippen LogP contribution < -0.4 is 15.1 Å². The van der Waals surface area contributed by atoms with E-state index < -0.39 is 11.0 Å². The molecule has 1 aromatic rings. The standard InChI is InChI=1S/C16H22N2O6/c1-5-7-11-15(10(3)19)12(18(21)22)9-13(16(11)23-4)24-17-14(20)8-6-2/h5,9-10,19H,1,6-8H2,2-4H3,(H,17,20). The van der Waals surface area contributed by atoms with Crippen molar-refractivity contribution in [1.82, 2.24) is 5.48 Å². The number of rotatable bonds is 9. The second-order valence-corrected chi connectivity index (χ2v) is 5.12. The van der Waals surface area contributed by atoms with Gasteiger partial charge in [-0.3, -0.25) is 14.9 Å². The minimum atomic E-state index is -1.09. The predicted molar refractivity (Wildman–Crippen MR) is 87.9 cm³/mol. The van der Waals surface area contributed by atoms with E-state index in [-0.39, 0.29) is 41.5 Å². The predicted octanol–water partition coefficient (Wildman–Crippen LogP) is 2.60. The molecule has 0 heterocycles. The van der Waals surface area contributed by atoms with Crippen molar-refractivity contribution >= 4 is 11.6 Å². The molecule has 0 aliphatic rings. The van der Waals surface area contributed by atoms with Crippen molar-refractivity contribution in [2.24, 2.45) is 0 Å². The number of benzene rings is 1. The smallest absolute Gasteiger partial charge is 0.279 e.